The quantitative estimate of drug-likeness (QED) is 0.836. The fourth-order valence-corrected chi connectivity index (χ4v) is 2.31. The molecule has 1 heterocycles. The second kappa shape index (κ2) is 5.67. The Morgan fingerprint density at radius 1 is 1.56 bits per heavy atom. The zero-order chi connectivity index (χ0) is 13.1. The summed E-state index contributed by atoms with van der Waals surface area (Å²) in [6.07, 6.45) is 1.81. The first-order valence-corrected chi connectivity index (χ1v) is 6.62. The van der Waals surface area contributed by atoms with Crippen LogP contribution in [0.25, 0.3) is 0 Å². The summed E-state index contributed by atoms with van der Waals surface area (Å²) >= 11 is 3.17. The van der Waals surface area contributed by atoms with Gasteiger partial charge in [-0.15, -0.1) is 0 Å². The van der Waals surface area contributed by atoms with Crippen molar-refractivity contribution >= 4 is 27.6 Å². The Kier molecular flexibility index (Phi) is 4.19. The number of anilines is 1. The molecule has 0 aliphatic carbocycles. The number of urea groups is 1. The summed E-state index contributed by atoms with van der Waals surface area (Å²) < 4.78 is 14.2. The molecule has 0 radical (unpaired) electrons. The number of nitrogens with one attached hydrogen (secondary N) is 1. The van der Waals surface area contributed by atoms with E-state index in [-0.39, 0.29) is 17.8 Å². The summed E-state index contributed by atoms with van der Waals surface area (Å²) in [4.78, 5) is 13.6. The van der Waals surface area contributed by atoms with Gasteiger partial charge in [-0.25, -0.2) is 9.18 Å². The number of likely N-dealkylation sites (tertiary alicyclic amines) is 1. The van der Waals surface area contributed by atoms with E-state index in [9.17, 15) is 9.18 Å². The maximum absolute atomic E-state index is 13.6. The Balaban J connectivity index is 2.02. The van der Waals surface area contributed by atoms with Gasteiger partial charge in [0.2, 0.25) is 0 Å². The number of halogens is 2. The normalized spacial score (nSPS) is 19.7. The van der Waals surface area contributed by atoms with Crippen LogP contribution in [0.2, 0.25) is 0 Å². The molecule has 0 unspecified atom stereocenters. The first kappa shape index (κ1) is 13.3. The van der Waals surface area contributed by atoms with E-state index in [2.05, 4.69) is 21.2 Å². The topological polar surface area (TPSA) is 58.4 Å². The first-order chi connectivity index (χ1) is 8.56. The fourth-order valence-electron chi connectivity index (χ4n) is 1.98. The highest BCUT2D eigenvalue weighted by Crippen LogP contribution is 2.20. The number of hydrogen-bond donors (Lipinski definition) is 2. The van der Waals surface area contributed by atoms with E-state index in [0.29, 0.717) is 17.6 Å². The smallest absolute Gasteiger partial charge is 0.321 e. The minimum atomic E-state index is -0.459. The molecule has 1 fully saturated rings. The number of nitrogens with zero attached hydrogens (tertiary/aromatic N) is 1. The van der Waals surface area contributed by atoms with Gasteiger partial charge in [0.15, 0.2) is 0 Å². The van der Waals surface area contributed by atoms with Crippen molar-refractivity contribution in [3.63, 3.8) is 0 Å². The number of carbonyl (C=O) groups is 1. The Morgan fingerprint density at radius 2 is 2.33 bits per heavy atom. The summed E-state index contributed by atoms with van der Waals surface area (Å²) in [5.74, 6) is -0.459. The van der Waals surface area contributed by atoms with Crippen LogP contribution in [0.3, 0.4) is 0 Å². The van der Waals surface area contributed by atoms with Gasteiger partial charge in [-0.1, -0.05) is 15.9 Å². The molecule has 1 aliphatic heterocycles. The summed E-state index contributed by atoms with van der Waals surface area (Å²) in [5.41, 5.74) is 5.99. The van der Waals surface area contributed by atoms with Gasteiger partial charge in [0.1, 0.15) is 5.82 Å². The van der Waals surface area contributed by atoms with Crippen molar-refractivity contribution < 1.29 is 9.18 Å². The standard InChI is InChI=1S/C12H15BrFN3O/c13-8-3-4-11(10(14)6-8)16-12(18)17-5-1-2-9(15)7-17/h3-4,6,9H,1-2,5,7,15H2,(H,16,18)/t9-/m0/s1. The average Bonchev–Trinajstić information content (AvgIpc) is 2.32. The minimum Gasteiger partial charge on any atom is -0.326 e. The maximum atomic E-state index is 13.6. The third-order valence-corrected chi connectivity index (χ3v) is 3.41. The van der Waals surface area contributed by atoms with Gasteiger partial charge in [0.25, 0.3) is 0 Å². The van der Waals surface area contributed by atoms with Crippen LogP contribution < -0.4 is 11.1 Å². The highest BCUT2D eigenvalue weighted by molar-refractivity contribution is 9.10. The minimum absolute atomic E-state index is 0.0132. The van der Waals surface area contributed by atoms with Gasteiger partial charge in [0.05, 0.1) is 5.69 Å². The molecule has 1 aromatic carbocycles. The van der Waals surface area contributed by atoms with Crippen molar-refractivity contribution in [2.45, 2.75) is 18.9 Å². The van der Waals surface area contributed by atoms with Crippen LogP contribution in [0.4, 0.5) is 14.9 Å². The summed E-state index contributed by atoms with van der Waals surface area (Å²) in [6.45, 7) is 1.18. The number of benzene rings is 1. The SMILES string of the molecule is N[C@H]1CCCN(C(=O)Nc2ccc(Br)cc2F)C1. The molecular weight excluding hydrogens is 301 g/mol. The number of hydrogen-bond acceptors (Lipinski definition) is 2. The Morgan fingerprint density at radius 3 is 3.00 bits per heavy atom. The highest BCUT2D eigenvalue weighted by atomic mass is 79.9. The number of carbonyl (C=O) groups excluding carboxylic acids is 1. The van der Waals surface area contributed by atoms with Gasteiger partial charge in [0, 0.05) is 23.6 Å². The molecule has 18 heavy (non-hydrogen) atoms. The molecule has 1 aliphatic rings. The van der Waals surface area contributed by atoms with E-state index < -0.39 is 5.82 Å². The van der Waals surface area contributed by atoms with Gasteiger partial charge in [-0.3, -0.25) is 0 Å². The van der Waals surface area contributed by atoms with E-state index >= 15 is 0 Å². The van der Waals surface area contributed by atoms with Crippen molar-refractivity contribution in [2.75, 3.05) is 18.4 Å². The van der Waals surface area contributed by atoms with Gasteiger partial charge >= 0.3 is 6.03 Å². The molecule has 6 heteroatoms. The van der Waals surface area contributed by atoms with Gasteiger partial charge in [-0.05, 0) is 31.0 Å². The third kappa shape index (κ3) is 3.20. The fraction of sp³-hybridized carbons (Fsp3) is 0.417. The first-order valence-electron chi connectivity index (χ1n) is 5.83. The number of piperidine rings is 1. The molecule has 1 atom stereocenters. The van der Waals surface area contributed by atoms with Crippen LogP contribution >= 0.6 is 15.9 Å². The lowest BCUT2D eigenvalue weighted by molar-refractivity contribution is 0.193. The zero-order valence-electron chi connectivity index (χ0n) is 9.83. The molecule has 4 nitrogen and oxygen atoms in total. The summed E-state index contributed by atoms with van der Waals surface area (Å²) in [7, 11) is 0. The maximum Gasteiger partial charge on any atom is 0.321 e. The van der Waals surface area contributed by atoms with Gasteiger partial charge in [-0.2, -0.15) is 0 Å². The lowest BCUT2D eigenvalue weighted by Crippen LogP contribution is -2.47. The Labute approximate surface area is 113 Å². The average molecular weight is 316 g/mol. The van der Waals surface area contributed by atoms with E-state index in [4.69, 9.17) is 5.73 Å². The van der Waals surface area contributed by atoms with Crippen LogP contribution in [0.1, 0.15) is 12.8 Å². The summed E-state index contributed by atoms with van der Waals surface area (Å²) in [5, 5.41) is 2.56. The predicted octanol–water partition coefficient (Wildman–Crippen LogP) is 2.54. The second-order valence-corrected chi connectivity index (χ2v) is 5.32. The van der Waals surface area contributed by atoms with Crippen LogP contribution in [0.15, 0.2) is 22.7 Å². The van der Waals surface area contributed by atoms with Crippen molar-refractivity contribution in [3.8, 4) is 0 Å². The number of rotatable bonds is 1. The Bertz CT molecular complexity index is 455. The lowest BCUT2D eigenvalue weighted by Gasteiger charge is -2.30. The van der Waals surface area contributed by atoms with Crippen LogP contribution in [-0.2, 0) is 0 Å². The van der Waals surface area contributed by atoms with Crippen LogP contribution in [0.5, 0.6) is 0 Å². The summed E-state index contributed by atoms with van der Waals surface area (Å²) in [6, 6.07) is 4.24. The Hall–Kier alpha value is -1.14. The van der Waals surface area contributed by atoms with Gasteiger partial charge < -0.3 is 16.0 Å². The lowest BCUT2D eigenvalue weighted by atomic mass is 10.1. The molecule has 2 amide bonds. The molecular formula is C12H15BrFN3O. The molecule has 0 spiro atoms. The molecule has 0 aromatic heterocycles. The van der Waals surface area contributed by atoms with E-state index in [0.717, 1.165) is 12.8 Å². The van der Waals surface area contributed by atoms with Crippen molar-refractivity contribution in [1.29, 1.82) is 0 Å². The molecule has 98 valence electrons. The monoisotopic (exact) mass is 315 g/mol. The highest BCUT2D eigenvalue weighted by Gasteiger charge is 2.21. The van der Waals surface area contributed by atoms with Crippen molar-refractivity contribution in [3.05, 3.63) is 28.5 Å². The molecule has 1 saturated heterocycles. The van der Waals surface area contributed by atoms with E-state index in [1.165, 1.54) is 12.1 Å². The molecule has 0 bridgehead atoms. The molecule has 1 aromatic rings. The molecule has 3 N–H and O–H groups in total. The molecule has 2 rings (SSSR count). The van der Waals surface area contributed by atoms with Crippen LogP contribution in [-0.4, -0.2) is 30.1 Å². The third-order valence-electron chi connectivity index (χ3n) is 2.92. The van der Waals surface area contributed by atoms with Crippen molar-refractivity contribution in [2.24, 2.45) is 5.73 Å². The van der Waals surface area contributed by atoms with E-state index in [1.807, 2.05) is 0 Å². The number of amides is 2. The molecule has 0 saturated carbocycles. The van der Waals surface area contributed by atoms with E-state index in [1.54, 1.807) is 11.0 Å². The number of nitrogens with two attached hydrogens (primary N) is 1. The zero-order valence-corrected chi connectivity index (χ0v) is 11.4. The largest absolute Gasteiger partial charge is 0.326 e. The second-order valence-electron chi connectivity index (χ2n) is 4.40. The predicted molar refractivity (Wildman–Crippen MR) is 71.9 cm³/mol. The van der Waals surface area contributed by atoms with Crippen molar-refractivity contribution in [1.82, 2.24) is 4.90 Å². The van der Waals surface area contributed by atoms with Crippen LogP contribution in [0, 0.1) is 5.82 Å².